The average Bonchev–Trinajstić information content (AvgIpc) is 1.65. The predicted octanol–water partition coefficient (Wildman–Crippen LogP) is -7.81. The van der Waals surface area contributed by atoms with E-state index in [2.05, 4.69) is 33.8 Å². The molecule has 3 saturated carbocycles. The lowest BCUT2D eigenvalue weighted by Gasteiger charge is -2.67. The van der Waals surface area contributed by atoms with Crippen LogP contribution in [0.15, 0.2) is 11.6 Å². The molecule has 41 unspecified atom stereocenters. The van der Waals surface area contributed by atoms with Gasteiger partial charge >= 0.3 is 0 Å². The van der Waals surface area contributed by atoms with Crippen molar-refractivity contribution in [1.82, 2.24) is 0 Å². The molecule has 0 aromatic heterocycles. The Labute approximate surface area is 571 Å². The summed E-state index contributed by atoms with van der Waals surface area (Å²) in [5.41, 5.74) is -4.31. The fourth-order valence-corrected chi connectivity index (χ4v) is 18.7. The third-order valence-corrected chi connectivity index (χ3v) is 25.0. The van der Waals surface area contributed by atoms with Crippen LogP contribution in [-0.2, 0) is 61.6 Å². The summed E-state index contributed by atoms with van der Waals surface area (Å²) in [7, 11) is 0. The van der Waals surface area contributed by atoms with Gasteiger partial charge in [0.2, 0.25) is 0 Å². The Balaban J connectivity index is 0.827. The molecular weight excluding hydrogens is 1320 g/mol. The number of aliphatic hydroxyl groups is 21. The monoisotopic (exact) mass is 1430 g/mol. The molecule has 0 amide bonds. The molecule has 7 aliphatic heterocycles. The largest absolute Gasteiger partial charge is 0.394 e. The van der Waals surface area contributed by atoms with E-state index in [0.717, 1.165) is 12.8 Å². The van der Waals surface area contributed by atoms with Crippen molar-refractivity contribution in [2.24, 2.45) is 39.9 Å². The van der Waals surface area contributed by atoms with Gasteiger partial charge < -0.3 is 169 Å². The first-order valence-electron chi connectivity index (χ1n) is 34.8. The lowest BCUT2D eigenvalue weighted by molar-refractivity contribution is -0.380. The summed E-state index contributed by atoms with van der Waals surface area (Å²) in [5.74, 6) is -0.720. The highest BCUT2D eigenvalue weighted by Crippen LogP contribution is 2.75. The number of aliphatic hydroxyl groups excluding tert-OH is 20. The van der Waals surface area contributed by atoms with E-state index in [-0.39, 0.29) is 30.6 Å². The standard InChI is InChI=1S/C65H108O34/c1-23(8-12-35(61(2,3)86)95-58-52(97-57-51(85)45(79)39(73)29(19-68)91-57)46(80)41(75)31(93-58)21-87-55-49(83)43(77)37(71)27(17-66)89-55)24-14-15-62(4)33-11-9-26-25(64(33,6)34(70)16-63(24,62)5)10-13-36-65(26,7)99-54-48(82)40(74)30(20-69)92-60(54)98-53-47(81)42(76)32(94-59(53)96-36)22-88-56-50(84)44(78)38(72)28(18-67)90-56/h9,23-25,27-60,66-86H,8,10-22H2,1-7H3. The zero-order valence-corrected chi connectivity index (χ0v) is 56.5. The van der Waals surface area contributed by atoms with Crippen molar-refractivity contribution in [2.45, 2.75) is 314 Å². The molecule has 10 fully saturated rings. The fraction of sp³-hybridized carbons (Fsp3) is 0.969. The number of allylic oxidation sites excluding steroid dienone is 1. The Morgan fingerprint density at radius 2 is 0.960 bits per heavy atom. The second-order valence-electron chi connectivity index (χ2n) is 31.0. The van der Waals surface area contributed by atoms with Gasteiger partial charge in [-0.3, -0.25) is 0 Å². The molecule has 7 heterocycles. The van der Waals surface area contributed by atoms with Gasteiger partial charge in [0.05, 0.1) is 63.6 Å². The minimum Gasteiger partial charge on any atom is -0.394 e. The molecule has 0 bridgehead atoms. The summed E-state index contributed by atoms with van der Waals surface area (Å²) in [6.45, 7) is 8.98. The van der Waals surface area contributed by atoms with Crippen LogP contribution in [-0.4, -0.2) is 361 Å². The second kappa shape index (κ2) is 30.2. The molecular formula is C65H108O34. The molecule has 11 aliphatic rings. The highest BCUT2D eigenvalue weighted by molar-refractivity contribution is 5.34. The molecule has 4 aliphatic carbocycles. The van der Waals surface area contributed by atoms with Crippen LogP contribution in [0.5, 0.6) is 0 Å². The van der Waals surface area contributed by atoms with Gasteiger partial charge in [-0.1, -0.05) is 33.8 Å². The van der Waals surface area contributed by atoms with Crippen LogP contribution in [0.1, 0.15) is 99.8 Å². The van der Waals surface area contributed by atoms with E-state index in [1.165, 1.54) is 13.8 Å². The molecule has 21 N–H and O–H groups in total. The molecule has 7 saturated heterocycles. The Kier molecular flexibility index (Phi) is 23.9. The minimum atomic E-state index is -1.99. The van der Waals surface area contributed by atoms with Gasteiger partial charge in [0.15, 0.2) is 37.7 Å². The van der Waals surface area contributed by atoms with E-state index in [1.807, 2.05) is 0 Å². The molecule has 0 spiro atoms. The van der Waals surface area contributed by atoms with E-state index in [1.54, 1.807) is 6.92 Å². The van der Waals surface area contributed by atoms with Crippen LogP contribution >= 0.6 is 0 Å². The van der Waals surface area contributed by atoms with Crippen molar-refractivity contribution in [3.63, 3.8) is 0 Å². The fourth-order valence-electron chi connectivity index (χ4n) is 18.7. The smallest absolute Gasteiger partial charge is 0.187 e. The Morgan fingerprint density at radius 3 is 1.52 bits per heavy atom. The molecule has 41 atom stereocenters. The highest BCUT2D eigenvalue weighted by Gasteiger charge is 2.72. The van der Waals surface area contributed by atoms with E-state index < -0.39 is 276 Å². The molecule has 0 aromatic carbocycles. The van der Waals surface area contributed by atoms with Gasteiger partial charge in [0, 0.05) is 5.41 Å². The summed E-state index contributed by atoms with van der Waals surface area (Å²) in [5, 5.41) is 231. The number of hydrogen-bond acceptors (Lipinski definition) is 34. The highest BCUT2D eigenvalue weighted by atomic mass is 16.8. The minimum absolute atomic E-state index is 0.0365. The topological polar surface area (TPSA) is 545 Å². The van der Waals surface area contributed by atoms with Crippen molar-refractivity contribution in [2.75, 3.05) is 39.6 Å². The summed E-state index contributed by atoms with van der Waals surface area (Å²) < 4.78 is 79.8. The Morgan fingerprint density at radius 1 is 0.495 bits per heavy atom. The van der Waals surface area contributed by atoms with Crippen LogP contribution in [0.25, 0.3) is 0 Å². The van der Waals surface area contributed by atoms with Crippen molar-refractivity contribution >= 4 is 0 Å². The normalized spacial score (nSPS) is 54.0. The first kappa shape index (κ1) is 78.5. The Hall–Kier alpha value is -1.62. The summed E-state index contributed by atoms with van der Waals surface area (Å²) in [6, 6.07) is 0. The van der Waals surface area contributed by atoms with Gasteiger partial charge in [-0.05, 0) is 112 Å². The number of fused-ring (bicyclic) bond motifs is 9. The Bertz CT molecular complexity index is 2690. The molecule has 0 radical (unpaired) electrons. The van der Waals surface area contributed by atoms with Crippen LogP contribution in [0.2, 0.25) is 0 Å². The third kappa shape index (κ3) is 13.9. The lowest BCUT2D eigenvalue weighted by atomic mass is 9.38. The van der Waals surface area contributed by atoms with Gasteiger partial charge in [-0.25, -0.2) is 0 Å². The van der Waals surface area contributed by atoms with Gasteiger partial charge in [0.1, 0.15) is 152 Å². The summed E-state index contributed by atoms with van der Waals surface area (Å²) in [4.78, 5) is 0. The van der Waals surface area contributed by atoms with Crippen molar-refractivity contribution in [3.05, 3.63) is 11.6 Å². The van der Waals surface area contributed by atoms with Crippen LogP contribution < -0.4 is 0 Å². The first-order chi connectivity index (χ1) is 46.5. The van der Waals surface area contributed by atoms with Crippen LogP contribution in [0, 0.1) is 39.9 Å². The molecule has 572 valence electrons. The van der Waals surface area contributed by atoms with Gasteiger partial charge in [-0.15, -0.1) is 0 Å². The predicted molar refractivity (Wildman–Crippen MR) is 326 cm³/mol. The summed E-state index contributed by atoms with van der Waals surface area (Å²) >= 11 is 0. The van der Waals surface area contributed by atoms with Crippen LogP contribution in [0.4, 0.5) is 0 Å². The number of hydrogen-bond donors (Lipinski definition) is 21. The molecule has 34 heteroatoms. The molecule has 34 nitrogen and oxygen atoms in total. The zero-order chi connectivity index (χ0) is 72.2. The molecule has 11 rings (SSSR count). The maximum atomic E-state index is 13.2. The summed E-state index contributed by atoms with van der Waals surface area (Å²) in [6.07, 6.45) is -48.6. The van der Waals surface area contributed by atoms with Crippen molar-refractivity contribution < 1.29 is 169 Å². The van der Waals surface area contributed by atoms with Crippen molar-refractivity contribution in [3.8, 4) is 0 Å². The van der Waals surface area contributed by atoms with E-state index in [0.29, 0.717) is 31.3 Å². The number of rotatable bonds is 19. The van der Waals surface area contributed by atoms with E-state index in [9.17, 15) is 107 Å². The van der Waals surface area contributed by atoms with E-state index >= 15 is 0 Å². The molecule has 0 aromatic rings. The number of ether oxygens (including phenoxy) is 13. The quantitative estimate of drug-likeness (QED) is 0.0534. The first-order valence-corrected chi connectivity index (χ1v) is 34.8. The zero-order valence-electron chi connectivity index (χ0n) is 56.5. The van der Waals surface area contributed by atoms with Crippen LogP contribution in [0.3, 0.4) is 0 Å². The molecule has 99 heavy (non-hydrogen) atoms. The lowest BCUT2D eigenvalue weighted by Crippen LogP contribution is -2.67. The van der Waals surface area contributed by atoms with E-state index in [4.69, 9.17) is 61.6 Å². The average molecular weight is 1430 g/mol. The van der Waals surface area contributed by atoms with Crippen molar-refractivity contribution in [1.29, 1.82) is 0 Å². The SMILES string of the molecule is CC(CCC(OC1OC(COC2OC(CO)C(O)C(O)C2O)C(O)C(O)C1OC1OC(CO)C(O)C(O)C1O)C(C)(C)O)C1CCC2(C)C3CC=C4C(CCC5OC6OC(COC7OC(CO)C(O)C(O)C7O)C(O)C(O)C6OC6OC(CO)C(O)C(O)C6OC45C)C3(C)C(O)CC12C. The third-order valence-electron chi connectivity index (χ3n) is 25.0. The maximum Gasteiger partial charge on any atom is 0.187 e. The maximum absolute atomic E-state index is 13.2. The van der Waals surface area contributed by atoms with Gasteiger partial charge in [0.25, 0.3) is 0 Å². The van der Waals surface area contributed by atoms with Gasteiger partial charge in [-0.2, -0.15) is 0 Å². The second-order valence-corrected chi connectivity index (χ2v) is 31.0.